The first kappa shape index (κ1) is 28.3. The summed E-state index contributed by atoms with van der Waals surface area (Å²) in [7, 11) is 0. The highest BCUT2D eigenvalue weighted by molar-refractivity contribution is 5.79. The molecule has 0 saturated heterocycles. The van der Waals surface area contributed by atoms with Crippen molar-refractivity contribution < 1.29 is 31.9 Å². The lowest BCUT2D eigenvalue weighted by Crippen LogP contribution is -2.49. The Balaban J connectivity index is 1.72. The van der Waals surface area contributed by atoms with E-state index in [2.05, 4.69) is 10.6 Å². The van der Waals surface area contributed by atoms with Gasteiger partial charge in [-0.25, -0.2) is 8.78 Å². The Morgan fingerprint density at radius 1 is 0.919 bits per heavy atom. The molecule has 0 aliphatic rings. The van der Waals surface area contributed by atoms with E-state index in [0.717, 1.165) is 35.7 Å². The van der Waals surface area contributed by atoms with E-state index in [4.69, 9.17) is 0 Å². The normalized spacial score (nSPS) is 13.3. The first-order valence-corrected chi connectivity index (χ1v) is 11.9. The van der Waals surface area contributed by atoms with Crippen molar-refractivity contribution in [3.05, 3.63) is 106 Å². The van der Waals surface area contributed by atoms with Crippen LogP contribution in [0.1, 0.15) is 34.7 Å². The van der Waals surface area contributed by atoms with Crippen LogP contribution >= 0.6 is 0 Å². The average molecular weight is 521 g/mol. The summed E-state index contributed by atoms with van der Waals surface area (Å²) >= 11 is 0. The second-order valence-corrected chi connectivity index (χ2v) is 8.86. The third-order valence-electron chi connectivity index (χ3n) is 5.94. The predicted molar refractivity (Wildman–Crippen MR) is 131 cm³/mol. The molecule has 0 bridgehead atoms. The minimum Gasteiger partial charge on any atom is -0.390 e. The highest BCUT2D eigenvalue weighted by atomic mass is 19.4. The van der Waals surface area contributed by atoms with E-state index in [0.29, 0.717) is 12.6 Å². The van der Waals surface area contributed by atoms with Crippen molar-refractivity contribution in [1.82, 2.24) is 10.6 Å². The summed E-state index contributed by atoms with van der Waals surface area (Å²) in [5.41, 5.74) is 1.19. The van der Waals surface area contributed by atoms with Crippen LogP contribution in [0, 0.1) is 11.6 Å². The van der Waals surface area contributed by atoms with Crippen molar-refractivity contribution in [2.75, 3.05) is 6.54 Å². The molecule has 0 unspecified atom stereocenters. The van der Waals surface area contributed by atoms with Crippen LogP contribution in [0.5, 0.6) is 0 Å². The van der Waals surface area contributed by atoms with Crippen LogP contribution in [0.25, 0.3) is 0 Å². The third-order valence-corrected chi connectivity index (χ3v) is 5.94. The summed E-state index contributed by atoms with van der Waals surface area (Å²) in [6, 6.07) is 14.4. The van der Waals surface area contributed by atoms with Crippen LogP contribution in [-0.2, 0) is 36.8 Å². The summed E-state index contributed by atoms with van der Waals surface area (Å²) in [5, 5.41) is 16.5. The zero-order valence-corrected chi connectivity index (χ0v) is 20.3. The van der Waals surface area contributed by atoms with Crippen LogP contribution < -0.4 is 10.6 Å². The number of carbonyl (C=O) groups is 1. The Morgan fingerprint density at radius 3 is 2.27 bits per heavy atom. The van der Waals surface area contributed by atoms with Crippen molar-refractivity contribution in [1.29, 1.82) is 0 Å². The molecule has 2 atom stereocenters. The van der Waals surface area contributed by atoms with Crippen molar-refractivity contribution in [2.24, 2.45) is 0 Å². The summed E-state index contributed by atoms with van der Waals surface area (Å²) in [6.07, 6.45) is -5.66. The van der Waals surface area contributed by atoms with Crippen LogP contribution in [0.15, 0.2) is 66.7 Å². The first-order chi connectivity index (χ1) is 17.5. The predicted octanol–water partition coefficient (Wildman–Crippen LogP) is 4.97. The topological polar surface area (TPSA) is 61.4 Å². The smallest absolute Gasteiger partial charge is 0.390 e. The van der Waals surface area contributed by atoms with Crippen LogP contribution in [-0.4, -0.2) is 29.7 Å². The Bertz CT molecular complexity index is 1180. The Hall–Kier alpha value is -3.30. The zero-order chi connectivity index (χ0) is 27.0. The number of carbonyl (C=O) groups excluding carboxylic acids is 1. The Morgan fingerprint density at radius 2 is 1.59 bits per heavy atom. The average Bonchev–Trinajstić information content (AvgIpc) is 2.82. The van der Waals surface area contributed by atoms with Gasteiger partial charge in [-0.1, -0.05) is 49.4 Å². The van der Waals surface area contributed by atoms with Gasteiger partial charge in [-0.3, -0.25) is 4.79 Å². The maximum absolute atomic E-state index is 13.7. The number of halogens is 5. The largest absolute Gasteiger partial charge is 0.416 e. The van der Waals surface area contributed by atoms with E-state index in [1.165, 1.54) is 18.2 Å². The highest BCUT2D eigenvalue weighted by Crippen LogP contribution is 2.32. The molecule has 0 saturated carbocycles. The number of aliphatic hydroxyl groups excluding tert-OH is 1. The number of hydrogen-bond donors (Lipinski definition) is 3. The number of amides is 1. The lowest BCUT2D eigenvalue weighted by atomic mass is 9.99. The fourth-order valence-corrected chi connectivity index (χ4v) is 4.11. The molecule has 37 heavy (non-hydrogen) atoms. The summed E-state index contributed by atoms with van der Waals surface area (Å²) in [6.45, 7) is 2.49. The molecule has 0 aliphatic carbocycles. The summed E-state index contributed by atoms with van der Waals surface area (Å²) in [4.78, 5) is 12.7. The molecule has 198 valence electrons. The summed E-state index contributed by atoms with van der Waals surface area (Å²) < 4.78 is 67.4. The van der Waals surface area contributed by atoms with Crippen molar-refractivity contribution >= 4 is 5.91 Å². The molecule has 0 aromatic heterocycles. The van der Waals surface area contributed by atoms with E-state index in [1.54, 1.807) is 0 Å². The Kier molecular flexibility index (Phi) is 9.77. The van der Waals surface area contributed by atoms with E-state index in [9.17, 15) is 31.9 Å². The number of aliphatic hydroxyl groups is 1. The number of hydrogen-bond acceptors (Lipinski definition) is 3. The minimum atomic E-state index is -4.63. The van der Waals surface area contributed by atoms with E-state index in [1.807, 2.05) is 31.2 Å². The quantitative estimate of drug-likeness (QED) is 0.313. The SMILES string of the molecule is CCc1cccc(CNC[C@@H](O)[C@H](Cc2cc(F)cc(F)c2)NC(=O)Cc2ccccc2C(F)(F)F)c1. The molecule has 0 spiro atoms. The van der Waals surface area contributed by atoms with Crippen LogP contribution in [0.2, 0.25) is 0 Å². The third kappa shape index (κ3) is 8.65. The molecule has 0 fully saturated rings. The number of aryl methyl sites for hydroxylation is 1. The van der Waals surface area contributed by atoms with Gasteiger partial charge in [0, 0.05) is 19.2 Å². The highest BCUT2D eigenvalue weighted by Gasteiger charge is 2.33. The van der Waals surface area contributed by atoms with Crippen molar-refractivity contribution in [2.45, 2.75) is 51.1 Å². The van der Waals surface area contributed by atoms with Gasteiger partial charge in [0.15, 0.2) is 0 Å². The van der Waals surface area contributed by atoms with Gasteiger partial charge < -0.3 is 15.7 Å². The molecule has 0 heterocycles. The minimum absolute atomic E-state index is 0.0260. The van der Waals surface area contributed by atoms with E-state index >= 15 is 0 Å². The number of benzene rings is 3. The molecular weight excluding hydrogens is 491 g/mol. The van der Waals surface area contributed by atoms with Gasteiger partial charge in [-0.15, -0.1) is 0 Å². The molecule has 0 aliphatic heterocycles. The molecule has 3 aromatic rings. The molecule has 0 radical (unpaired) electrons. The number of rotatable bonds is 11. The van der Waals surface area contributed by atoms with Gasteiger partial charge in [0.2, 0.25) is 5.91 Å². The van der Waals surface area contributed by atoms with Gasteiger partial charge >= 0.3 is 6.18 Å². The maximum atomic E-state index is 13.7. The zero-order valence-electron chi connectivity index (χ0n) is 20.3. The van der Waals surface area contributed by atoms with Crippen LogP contribution in [0.3, 0.4) is 0 Å². The van der Waals surface area contributed by atoms with Gasteiger partial charge in [0.1, 0.15) is 11.6 Å². The lowest BCUT2D eigenvalue weighted by molar-refractivity contribution is -0.138. The Labute approximate surface area is 212 Å². The van der Waals surface area contributed by atoms with Gasteiger partial charge in [-0.05, 0) is 53.3 Å². The number of nitrogens with one attached hydrogen (secondary N) is 2. The van der Waals surface area contributed by atoms with Gasteiger partial charge in [0.05, 0.1) is 24.1 Å². The lowest BCUT2D eigenvalue weighted by Gasteiger charge is -2.25. The van der Waals surface area contributed by atoms with Crippen LogP contribution in [0.4, 0.5) is 22.0 Å². The van der Waals surface area contributed by atoms with Crippen molar-refractivity contribution in [3.8, 4) is 0 Å². The van der Waals surface area contributed by atoms with Gasteiger partial charge in [-0.2, -0.15) is 13.2 Å². The monoisotopic (exact) mass is 520 g/mol. The van der Waals surface area contributed by atoms with E-state index < -0.39 is 47.8 Å². The first-order valence-electron chi connectivity index (χ1n) is 11.9. The second kappa shape index (κ2) is 12.8. The fraction of sp³-hybridized carbons (Fsp3) is 0.321. The second-order valence-electron chi connectivity index (χ2n) is 8.86. The molecular formula is C28H29F5N2O2. The molecule has 3 aromatic carbocycles. The molecule has 9 heteroatoms. The molecule has 4 nitrogen and oxygen atoms in total. The summed E-state index contributed by atoms with van der Waals surface area (Å²) in [5.74, 6) is -2.39. The standard InChI is InChI=1S/C28H29F5N2O2/c1-2-18-6-5-7-19(10-18)16-34-17-26(36)25(13-20-11-22(29)15-23(30)12-20)35-27(37)14-21-8-3-4-9-24(21)28(31,32)33/h3-12,15,25-26,34,36H,2,13-14,16-17H2,1H3,(H,35,37)/t25-,26+/m0/s1. The molecule has 1 amide bonds. The molecule has 3 N–H and O–H groups in total. The fourth-order valence-electron chi connectivity index (χ4n) is 4.11. The van der Waals surface area contributed by atoms with Gasteiger partial charge in [0.25, 0.3) is 0 Å². The number of alkyl halides is 3. The molecule has 3 rings (SSSR count). The maximum Gasteiger partial charge on any atom is 0.416 e. The van der Waals surface area contributed by atoms with Crippen molar-refractivity contribution in [3.63, 3.8) is 0 Å². The van der Waals surface area contributed by atoms with E-state index in [-0.39, 0.29) is 24.1 Å².